The van der Waals surface area contributed by atoms with Gasteiger partial charge in [0.15, 0.2) is 0 Å². The van der Waals surface area contributed by atoms with Crippen LogP contribution in [0, 0.1) is 17.8 Å². The van der Waals surface area contributed by atoms with Crippen LogP contribution in [0.1, 0.15) is 58.4 Å². The van der Waals surface area contributed by atoms with E-state index in [9.17, 15) is 0 Å². The Balaban J connectivity index is 0.00000133. The number of hydrogen-bond acceptors (Lipinski definition) is 0. The Morgan fingerprint density at radius 1 is 1.00 bits per heavy atom. The van der Waals surface area contributed by atoms with E-state index in [2.05, 4.69) is 42.2 Å². The summed E-state index contributed by atoms with van der Waals surface area (Å²) in [5, 5.41) is 0. The van der Waals surface area contributed by atoms with Crippen molar-refractivity contribution in [2.75, 3.05) is 0 Å². The molecule has 0 aromatic heterocycles. The van der Waals surface area contributed by atoms with Crippen molar-refractivity contribution in [1.82, 2.24) is 0 Å². The average Bonchev–Trinajstić information content (AvgIpc) is 2.50. The third-order valence-electron chi connectivity index (χ3n) is 4.96. The highest BCUT2D eigenvalue weighted by Crippen LogP contribution is 2.47. The smallest absolute Gasteiger partial charge is 0.0189 e. The highest BCUT2D eigenvalue weighted by atomic mass is 14.4. The second kappa shape index (κ2) is 5.19. The molecule has 3 rings (SSSR count). The topological polar surface area (TPSA) is 0 Å². The molecule has 0 heterocycles. The Hall–Kier alpha value is -1.22. The fraction of sp³-hybridized carbons (Fsp3) is 0.556. The summed E-state index contributed by atoms with van der Waals surface area (Å²) in [7, 11) is 0. The van der Waals surface area contributed by atoms with Gasteiger partial charge in [0.25, 0.3) is 0 Å². The van der Waals surface area contributed by atoms with E-state index < -0.39 is 0 Å². The lowest BCUT2D eigenvalue weighted by Crippen LogP contribution is -2.37. The quantitative estimate of drug-likeness (QED) is 0.642. The number of benzene rings is 1. The van der Waals surface area contributed by atoms with E-state index in [1.54, 1.807) is 5.56 Å². The first-order valence-electron chi connectivity index (χ1n) is 7.43. The van der Waals surface area contributed by atoms with Crippen molar-refractivity contribution in [3.8, 4) is 11.8 Å². The molecule has 1 atom stereocenters. The summed E-state index contributed by atoms with van der Waals surface area (Å²) < 4.78 is 0. The second-order valence-corrected chi connectivity index (χ2v) is 5.89. The second-order valence-electron chi connectivity index (χ2n) is 5.89. The molecule has 0 bridgehead atoms. The Morgan fingerprint density at radius 2 is 1.78 bits per heavy atom. The molecule has 1 unspecified atom stereocenters. The molecule has 0 aliphatic heterocycles. The molecule has 2 aliphatic rings. The molecule has 0 radical (unpaired) electrons. The van der Waals surface area contributed by atoms with Gasteiger partial charge in [0.2, 0.25) is 0 Å². The minimum atomic E-state index is 0. The maximum absolute atomic E-state index is 3.42. The van der Waals surface area contributed by atoms with Crippen LogP contribution in [0.2, 0.25) is 0 Å². The van der Waals surface area contributed by atoms with Gasteiger partial charge in [-0.1, -0.05) is 49.6 Å². The number of hydrogen-bond donors (Lipinski definition) is 0. The largest absolute Gasteiger partial charge is 0.103 e. The molecule has 0 heteroatoms. The van der Waals surface area contributed by atoms with Crippen LogP contribution in [0.25, 0.3) is 0 Å². The zero-order valence-electron chi connectivity index (χ0n) is 11.1. The molecule has 1 aromatic carbocycles. The molecular formula is C18H24. The van der Waals surface area contributed by atoms with Crippen molar-refractivity contribution >= 4 is 0 Å². The van der Waals surface area contributed by atoms with Crippen LogP contribution >= 0.6 is 0 Å². The maximum Gasteiger partial charge on any atom is 0.0189 e. The summed E-state index contributed by atoms with van der Waals surface area (Å²) in [6.07, 6.45) is 10.6. The van der Waals surface area contributed by atoms with Gasteiger partial charge in [-0.15, -0.1) is 11.8 Å². The van der Waals surface area contributed by atoms with Crippen molar-refractivity contribution in [3.05, 3.63) is 35.9 Å². The van der Waals surface area contributed by atoms with Gasteiger partial charge >= 0.3 is 0 Å². The van der Waals surface area contributed by atoms with E-state index in [1.165, 1.54) is 38.5 Å². The van der Waals surface area contributed by atoms with Gasteiger partial charge < -0.3 is 0 Å². The van der Waals surface area contributed by atoms with Gasteiger partial charge in [0.1, 0.15) is 0 Å². The van der Waals surface area contributed by atoms with E-state index >= 15 is 0 Å². The summed E-state index contributed by atoms with van der Waals surface area (Å²) in [6.45, 7) is 0. The van der Waals surface area contributed by atoms with E-state index in [1.807, 2.05) is 0 Å². The Bertz CT molecular complexity index is 448. The first-order valence-corrected chi connectivity index (χ1v) is 7.43. The third-order valence-corrected chi connectivity index (χ3v) is 4.96. The van der Waals surface area contributed by atoms with Gasteiger partial charge in [-0.3, -0.25) is 0 Å². The Kier molecular flexibility index (Phi) is 3.41. The van der Waals surface area contributed by atoms with Crippen molar-refractivity contribution in [3.63, 3.8) is 0 Å². The van der Waals surface area contributed by atoms with Crippen LogP contribution in [0.15, 0.2) is 30.3 Å². The first-order chi connectivity index (χ1) is 8.92. The highest BCUT2D eigenvalue weighted by molar-refractivity contribution is 5.31. The van der Waals surface area contributed by atoms with E-state index in [-0.39, 0.29) is 1.43 Å². The van der Waals surface area contributed by atoms with Crippen molar-refractivity contribution < 1.29 is 1.43 Å². The van der Waals surface area contributed by atoms with E-state index in [0.717, 1.165) is 18.8 Å². The molecule has 1 aromatic rings. The standard InChI is InChI=1S/C18H22.H2/c1-4-10-16(11-5-1)18(14-8-3-9-15-18)17-12-6-2-7-13-17;/h1,4-5,10-11,17H,2,6-8,12-15H2;1H. The molecule has 0 nitrogen and oxygen atoms in total. The molecule has 18 heavy (non-hydrogen) atoms. The van der Waals surface area contributed by atoms with Gasteiger partial charge in [0.05, 0.1) is 0 Å². The van der Waals surface area contributed by atoms with Gasteiger partial charge in [0, 0.05) is 19.7 Å². The normalized spacial score (nSPS) is 28.4. The zero-order valence-corrected chi connectivity index (χ0v) is 11.1. The summed E-state index contributed by atoms with van der Waals surface area (Å²) in [5.41, 5.74) is 1.92. The fourth-order valence-corrected chi connectivity index (χ4v) is 3.94. The van der Waals surface area contributed by atoms with Crippen LogP contribution in [-0.2, 0) is 5.41 Å². The summed E-state index contributed by atoms with van der Waals surface area (Å²) in [6, 6.07) is 11.2. The monoisotopic (exact) mass is 240 g/mol. The van der Waals surface area contributed by atoms with Crippen LogP contribution in [0.4, 0.5) is 0 Å². The van der Waals surface area contributed by atoms with E-state index in [0.29, 0.717) is 5.41 Å². The lowest BCUT2D eigenvalue weighted by molar-refractivity contribution is 0.190. The third kappa shape index (κ3) is 2.07. The zero-order chi connectivity index (χ0) is 12.3. The molecule has 96 valence electrons. The highest BCUT2D eigenvalue weighted by Gasteiger charge is 2.40. The lowest BCUT2D eigenvalue weighted by atomic mass is 9.60. The SMILES string of the molecule is C1#CCC(c2ccccc2)(C2CCCCC2)CC1.[HH]. The molecule has 1 fully saturated rings. The predicted octanol–water partition coefficient (Wildman–Crippen LogP) is 4.94. The molecular weight excluding hydrogens is 216 g/mol. The summed E-state index contributed by atoms with van der Waals surface area (Å²) in [5.74, 6) is 7.58. The summed E-state index contributed by atoms with van der Waals surface area (Å²) >= 11 is 0. The van der Waals surface area contributed by atoms with Crippen LogP contribution in [0.3, 0.4) is 0 Å². The minimum Gasteiger partial charge on any atom is -0.103 e. The summed E-state index contributed by atoms with van der Waals surface area (Å²) in [4.78, 5) is 0. The Morgan fingerprint density at radius 3 is 2.44 bits per heavy atom. The predicted molar refractivity (Wildman–Crippen MR) is 78.4 cm³/mol. The van der Waals surface area contributed by atoms with Crippen LogP contribution in [-0.4, -0.2) is 0 Å². The van der Waals surface area contributed by atoms with Crippen molar-refractivity contribution in [2.24, 2.45) is 5.92 Å². The molecule has 0 N–H and O–H groups in total. The van der Waals surface area contributed by atoms with Crippen LogP contribution < -0.4 is 0 Å². The van der Waals surface area contributed by atoms with E-state index in [4.69, 9.17) is 0 Å². The van der Waals surface area contributed by atoms with Gasteiger partial charge in [-0.25, -0.2) is 0 Å². The lowest BCUT2D eigenvalue weighted by Gasteiger charge is -2.43. The van der Waals surface area contributed by atoms with Gasteiger partial charge in [-0.2, -0.15) is 0 Å². The Labute approximate surface area is 112 Å². The molecule has 0 saturated heterocycles. The first kappa shape index (κ1) is 11.8. The molecule has 1 saturated carbocycles. The van der Waals surface area contributed by atoms with Gasteiger partial charge in [-0.05, 0) is 30.7 Å². The molecule has 2 aliphatic carbocycles. The van der Waals surface area contributed by atoms with Crippen molar-refractivity contribution in [1.29, 1.82) is 0 Å². The van der Waals surface area contributed by atoms with Crippen molar-refractivity contribution in [2.45, 2.75) is 56.8 Å². The number of rotatable bonds is 2. The fourth-order valence-electron chi connectivity index (χ4n) is 3.94. The van der Waals surface area contributed by atoms with Crippen LogP contribution in [0.5, 0.6) is 0 Å². The minimum absolute atomic E-state index is 0. The average molecular weight is 240 g/mol. The molecule has 0 spiro atoms. The molecule has 0 amide bonds. The maximum atomic E-state index is 3.42.